The van der Waals surface area contributed by atoms with E-state index in [1.165, 1.54) is 12.1 Å². The fourth-order valence-corrected chi connectivity index (χ4v) is 2.58. The Balaban J connectivity index is 2.60. The van der Waals surface area contributed by atoms with Crippen molar-refractivity contribution in [2.75, 3.05) is 19.6 Å². The minimum absolute atomic E-state index is 0.338. The zero-order valence-electron chi connectivity index (χ0n) is 15.4. The van der Waals surface area contributed by atoms with E-state index in [0.29, 0.717) is 30.2 Å². The number of nitrogens with one attached hydrogen (secondary N) is 2. The summed E-state index contributed by atoms with van der Waals surface area (Å²) in [4.78, 5) is 6.88. The van der Waals surface area contributed by atoms with E-state index in [-0.39, 0.29) is 5.75 Å². The van der Waals surface area contributed by atoms with Crippen LogP contribution >= 0.6 is 0 Å². The van der Waals surface area contributed by atoms with Crippen LogP contribution in [0.1, 0.15) is 40.2 Å². The minimum atomic E-state index is -0.620. The van der Waals surface area contributed by atoms with E-state index in [2.05, 4.69) is 48.2 Å². The van der Waals surface area contributed by atoms with Gasteiger partial charge in [-0.3, -0.25) is 4.90 Å². The lowest BCUT2D eigenvalue weighted by molar-refractivity contribution is 0.178. The molecular weight excluding hydrogens is 307 g/mol. The maximum absolute atomic E-state index is 13.4. The Morgan fingerprint density at radius 2 is 1.88 bits per heavy atom. The molecule has 1 aromatic rings. The summed E-state index contributed by atoms with van der Waals surface area (Å²) in [7, 11) is 0. The van der Waals surface area contributed by atoms with Gasteiger partial charge in [0.25, 0.3) is 0 Å². The van der Waals surface area contributed by atoms with Crippen molar-refractivity contribution in [2.24, 2.45) is 4.99 Å². The monoisotopic (exact) mass is 338 g/mol. The Hall–Kier alpha value is -1.82. The van der Waals surface area contributed by atoms with Crippen molar-refractivity contribution in [3.8, 4) is 5.75 Å². The van der Waals surface area contributed by atoms with Gasteiger partial charge in [0.05, 0.1) is 6.54 Å². The number of aliphatic imine (C=N–C) groups is 1. The second-order valence-corrected chi connectivity index (χ2v) is 6.33. The topological polar surface area (TPSA) is 59.9 Å². The first kappa shape index (κ1) is 20.2. The number of hydrogen-bond donors (Lipinski definition) is 3. The number of benzene rings is 1. The average molecular weight is 338 g/mol. The number of halogens is 1. The van der Waals surface area contributed by atoms with Gasteiger partial charge in [0, 0.05) is 31.7 Å². The first-order chi connectivity index (χ1) is 11.3. The normalized spacial score (nSPS) is 12.3. The van der Waals surface area contributed by atoms with Gasteiger partial charge < -0.3 is 15.7 Å². The molecule has 0 unspecified atom stereocenters. The Bertz CT molecular complexity index is 524. The van der Waals surface area contributed by atoms with Crippen molar-refractivity contribution in [3.63, 3.8) is 0 Å². The van der Waals surface area contributed by atoms with Crippen molar-refractivity contribution in [1.29, 1.82) is 0 Å². The number of nitrogens with zero attached hydrogens (tertiary/aromatic N) is 2. The summed E-state index contributed by atoms with van der Waals surface area (Å²) in [5, 5.41) is 15.7. The van der Waals surface area contributed by atoms with Gasteiger partial charge in [-0.05, 0) is 52.3 Å². The quantitative estimate of drug-likeness (QED) is 0.504. The third-order valence-electron chi connectivity index (χ3n) is 3.77. The van der Waals surface area contributed by atoms with Crippen LogP contribution in [0, 0.1) is 5.82 Å². The van der Waals surface area contributed by atoms with E-state index in [9.17, 15) is 9.50 Å². The van der Waals surface area contributed by atoms with Gasteiger partial charge >= 0.3 is 0 Å². The highest BCUT2D eigenvalue weighted by Crippen LogP contribution is 2.16. The Kier molecular flexibility index (Phi) is 8.54. The molecule has 0 spiro atoms. The van der Waals surface area contributed by atoms with E-state index in [4.69, 9.17) is 0 Å². The van der Waals surface area contributed by atoms with E-state index in [0.717, 1.165) is 19.6 Å². The molecule has 1 rings (SSSR count). The van der Waals surface area contributed by atoms with Gasteiger partial charge in [-0.1, -0.05) is 6.07 Å². The third-order valence-corrected chi connectivity index (χ3v) is 3.77. The van der Waals surface area contributed by atoms with Crippen LogP contribution in [0.3, 0.4) is 0 Å². The first-order valence-corrected chi connectivity index (χ1v) is 8.60. The standard InChI is InChI=1S/C18H31FN4O/c1-6-20-18(21-9-10-23(13(2)3)14(4)5)22-12-15-7-8-17(24)16(19)11-15/h7-8,11,13-14,24H,6,9-10,12H2,1-5H3,(H2,20,21,22). The average Bonchev–Trinajstić information content (AvgIpc) is 2.51. The second-order valence-electron chi connectivity index (χ2n) is 6.33. The van der Waals surface area contributed by atoms with Crippen LogP contribution < -0.4 is 10.6 Å². The molecule has 0 aliphatic carbocycles. The molecule has 0 saturated carbocycles. The molecule has 136 valence electrons. The summed E-state index contributed by atoms with van der Waals surface area (Å²) in [5.41, 5.74) is 0.716. The largest absolute Gasteiger partial charge is 0.505 e. The summed E-state index contributed by atoms with van der Waals surface area (Å²) in [6, 6.07) is 5.31. The molecule has 3 N–H and O–H groups in total. The van der Waals surface area contributed by atoms with Crippen LogP contribution in [0.25, 0.3) is 0 Å². The van der Waals surface area contributed by atoms with Gasteiger partial charge in [0.15, 0.2) is 17.5 Å². The third kappa shape index (κ3) is 6.74. The zero-order chi connectivity index (χ0) is 18.1. The molecule has 0 radical (unpaired) electrons. The predicted molar refractivity (Wildman–Crippen MR) is 97.9 cm³/mol. The van der Waals surface area contributed by atoms with Gasteiger partial charge in [-0.25, -0.2) is 9.38 Å². The SMILES string of the molecule is CCNC(=NCc1ccc(O)c(F)c1)NCCN(C(C)C)C(C)C. The highest BCUT2D eigenvalue weighted by Gasteiger charge is 2.12. The lowest BCUT2D eigenvalue weighted by Gasteiger charge is -2.30. The maximum Gasteiger partial charge on any atom is 0.191 e. The van der Waals surface area contributed by atoms with Crippen molar-refractivity contribution >= 4 is 5.96 Å². The number of hydrogen-bond acceptors (Lipinski definition) is 3. The first-order valence-electron chi connectivity index (χ1n) is 8.60. The molecule has 0 saturated heterocycles. The van der Waals surface area contributed by atoms with Gasteiger partial charge in [-0.2, -0.15) is 0 Å². The molecule has 0 amide bonds. The van der Waals surface area contributed by atoms with E-state index in [1.54, 1.807) is 6.07 Å². The molecule has 0 bridgehead atoms. The summed E-state index contributed by atoms with van der Waals surface area (Å²) >= 11 is 0. The van der Waals surface area contributed by atoms with Crippen LogP contribution in [0.5, 0.6) is 5.75 Å². The summed E-state index contributed by atoms with van der Waals surface area (Å²) < 4.78 is 13.4. The lowest BCUT2D eigenvalue weighted by Crippen LogP contribution is -2.45. The van der Waals surface area contributed by atoms with Crippen LogP contribution in [0.15, 0.2) is 23.2 Å². The zero-order valence-corrected chi connectivity index (χ0v) is 15.4. The van der Waals surface area contributed by atoms with Crippen molar-refractivity contribution in [2.45, 2.75) is 53.2 Å². The molecule has 6 heteroatoms. The smallest absolute Gasteiger partial charge is 0.191 e. The molecular formula is C18H31FN4O. The Morgan fingerprint density at radius 1 is 1.21 bits per heavy atom. The molecule has 0 atom stereocenters. The van der Waals surface area contributed by atoms with Crippen molar-refractivity contribution in [3.05, 3.63) is 29.6 Å². The number of phenolic OH excluding ortho intramolecular Hbond substituents is 1. The highest BCUT2D eigenvalue weighted by atomic mass is 19.1. The number of guanidine groups is 1. The van der Waals surface area contributed by atoms with E-state index < -0.39 is 5.82 Å². The van der Waals surface area contributed by atoms with Gasteiger partial charge in [0.2, 0.25) is 0 Å². The second kappa shape index (κ2) is 10.1. The molecule has 0 aromatic heterocycles. The van der Waals surface area contributed by atoms with E-state index >= 15 is 0 Å². The lowest BCUT2D eigenvalue weighted by atomic mass is 10.2. The molecule has 0 aliphatic rings. The van der Waals surface area contributed by atoms with Crippen LogP contribution in [-0.2, 0) is 6.54 Å². The summed E-state index contributed by atoms with van der Waals surface area (Å²) in [6.07, 6.45) is 0. The van der Waals surface area contributed by atoms with Crippen LogP contribution in [0.4, 0.5) is 4.39 Å². The Labute approximate surface area is 145 Å². The van der Waals surface area contributed by atoms with Crippen LogP contribution in [0.2, 0.25) is 0 Å². The van der Waals surface area contributed by atoms with Crippen molar-refractivity contribution in [1.82, 2.24) is 15.5 Å². The number of rotatable bonds is 8. The molecule has 5 nitrogen and oxygen atoms in total. The molecule has 1 aromatic carbocycles. The molecule has 0 aliphatic heterocycles. The molecule has 24 heavy (non-hydrogen) atoms. The minimum Gasteiger partial charge on any atom is -0.505 e. The molecule has 0 heterocycles. The summed E-state index contributed by atoms with van der Waals surface area (Å²) in [5.74, 6) is -0.251. The Morgan fingerprint density at radius 3 is 2.42 bits per heavy atom. The van der Waals surface area contributed by atoms with E-state index in [1.807, 2.05) is 6.92 Å². The number of phenols is 1. The summed E-state index contributed by atoms with van der Waals surface area (Å²) in [6.45, 7) is 13.6. The fraction of sp³-hybridized carbons (Fsp3) is 0.611. The van der Waals surface area contributed by atoms with Gasteiger partial charge in [0.1, 0.15) is 0 Å². The number of aromatic hydroxyl groups is 1. The van der Waals surface area contributed by atoms with Crippen molar-refractivity contribution < 1.29 is 9.50 Å². The highest BCUT2D eigenvalue weighted by molar-refractivity contribution is 5.79. The predicted octanol–water partition coefficient (Wildman–Crippen LogP) is 2.71. The van der Waals surface area contributed by atoms with Gasteiger partial charge in [-0.15, -0.1) is 0 Å². The molecule has 0 fully saturated rings. The van der Waals surface area contributed by atoms with Crippen LogP contribution in [-0.4, -0.2) is 47.7 Å². The maximum atomic E-state index is 13.4. The fourth-order valence-electron chi connectivity index (χ4n) is 2.58.